The number of hydrogen-bond acceptors (Lipinski definition) is 2. The zero-order valence-electron chi connectivity index (χ0n) is 9.19. The van der Waals surface area contributed by atoms with Gasteiger partial charge >= 0.3 is 0 Å². The van der Waals surface area contributed by atoms with Crippen LogP contribution in [0.25, 0.3) is 0 Å². The Balaban J connectivity index is 2.34. The number of thioether (sulfide) groups is 1. The summed E-state index contributed by atoms with van der Waals surface area (Å²) in [7, 11) is 0. The second-order valence-corrected chi connectivity index (χ2v) is 4.66. The van der Waals surface area contributed by atoms with Crippen LogP contribution >= 0.6 is 11.8 Å². The van der Waals surface area contributed by atoms with Crippen LogP contribution in [0.15, 0.2) is 30.3 Å². The van der Waals surface area contributed by atoms with E-state index in [1.807, 2.05) is 32.0 Å². The van der Waals surface area contributed by atoms with Gasteiger partial charge in [-0.25, -0.2) is 0 Å². The first-order chi connectivity index (χ1) is 7.24. The summed E-state index contributed by atoms with van der Waals surface area (Å²) in [6, 6.07) is 10.2. The number of nitrogens with one attached hydrogen (secondary N) is 1. The van der Waals surface area contributed by atoms with Crippen LogP contribution < -0.4 is 5.32 Å². The second-order valence-electron chi connectivity index (χ2n) is 3.33. The van der Waals surface area contributed by atoms with E-state index in [2.05, 4.69) is 17.4 Å². The molecule has 0 aromatic heterocycles. The first kappa shape index (κ1) is 12.1. The number of carbonyl (C=O) groups excluding carboxylic acids is 1. The topological polar surface area (TPSA) is 29.1 Å². The number of hydrogen-bond donors (Lipinski definition) is 1. The van der Waals surface area contributed by atoms with E-state index >= 15 is 0 Å². The van der Waals surface area contributed by atoms with E-state index < -0.39 is 0 Å². The average Bonchev–Trinajstić information content (AvgIpc) is 2.27. The molecule has 0 radical (unpaired) electrons. The van der Waals surface area contributed by atoms with Gasteiger partial charge in [-0.1, -0.05) is 30.3 Å². The molecule has 0 saturated heterocycles. The van der Waals surface area contributed by atoms with E-state index in [1.165, 1.54) is 5.56 Å². The van der Waals surface area contributed by atoms with Crippen LogP contribution in [0.1, 0.15) is 19.4 Å². The van der Waals surface area contributed by atoms with Crippen LogP contribution in [0.4, 0.5) is 0 Å². The van der Waals surface area contributed by atoms with Crippen LogP contribution in [-0.2, 0) is 10.5 Å². The van der Waals surface area contributed by atoms with Crippen molar-refractivity contribution in [1.82, 2.24) is 5.32 Å². The van der Waals surface area contributed by atoms with Crippen molar-refractivity contribution in [3.63, 3.8) is 0 Å². The molecular formula is C12H17NOS. The van der Waals surface area contributed by atoms with Gasteiger partial charge in [0.1, 0.15) is 0 Å². The Morgan fingerprint density at radius 3 is 2.67 bits per heavy atom. The van der Waals surface area contributed by atoms with E-state index in [-0.39, 0.29) is 11.2 Å². The van der Waals surface area contributed by atoms with E-state index in [0.29, 0.717) is 6.54 Å². The summed E-state index contributed by atoms with van der Waals surface area (Å²) in [6.07, 6.45) is 0. The van der Waals surface area contributed by atoms with Gasteiger partial charge < -0.3 is 5.32 Å². The number of carbonyl (C=O) groups is 1. The van der Waals surface area contributed by atoms with Crippen molar-refractivity contribution in [3.8, 4) is 0 Å². The summed E-state index contributed by atoms with van der Waals surface area (Å²) in [4.78, 5) is 11.4. The molecule has 3 heteroatoms. The van der Waals surface area contributed by atoms with Gasteiger partial charge in [0.15, 0.2) is 0 Å². The molecule has 1 aromatic rings. The predicted molar refractivity (Wildman–Crippen MR) is 65.9 cm³/mol. The van der Waals surface area contributed by atoms with Crippen molar-refractivity contribution in [2.45, 2.75) is 24.9 Å². The minimum Gasteiger partial charge on any atom is -0.355 e. The van der Waals surface area contributed by atoms with Crippen molar-refractivity contribution in [3.05, 3.63) is 35.9 Å². The normalized spacial score (nSPS) is 12.1. The summed E-state index contributed by atoms with van der Waals surface area (Å²) in [5.74, 6) is 1.01. The summed E-state index contributed by atoms with van der Waals surface area (Å²) < 4.78 is 0. The molecule has 82 valence electrons. The van der Waals surface area contributed by atoms with Gasteiger partial charge in [0, 0.05) is 12.3 Å². The third kappa shape index (κ3) is 4.38. The standard InChI is InChI=1S/C12H17NOS/c1-3-13-12(14)10(2)15-9-11-7-5-4-6-8-11/h4-8,10H,3,9H2,1-2H3,(H,13,14)/t10-/m0/s1. The zero-order chi connectivity index (χ0) is 11.1. The monoisotopic (exact) mass is 223 g/mol. The lowest BCUT2D eigenvalue weighted by molar-refractivity contribution is -0.120. The molecule has 0 aliphatic carbocycles. The molecule has 0 fully saturated rings. The highest BCUT2D eigenvalue weighted by Crippen LogP contribution is 2.17. The lowest BCUT2D eigenvalue weighted by Gasteiger charge is -2.10. The van der Waals surface area contributed by atoms with Gasteiger partial charge in [-0.2, -0.15) is 0 Å². The van der Waals surface area contributed by atoms with Crippen molar-refractivity contribution in [1.29, 1.82) is 0 Å². The van der Waals surface area contributed by atoms with Crippen molar-refractivity contribution in [2.24, 2.45) is 0 Å². The molecule has 0 heterocycles. The fourth-order valence-electron chi connectivity index (χ4n) is 1.19. The highest BCUT2D eigenvalue weighted by atomic mass is 32.2. The maximum atomic E-state index is 11.4. The highest BCUT2D eigenvalue weighted by Gasteiger charge is 2.11. The van der Waals surface area contributed by atoms with Gasteiger partial charge in [0.05, 0.1) is 5.25 Å². The molecule has 1 N–H and O–H groups in total. The van der Waals surface area contributed by atoms with Crippen LogP contribution in [0.5, 0.6) is 0 Å². The van der Waals surface area contributed by atoms with Crippen LogP contribution in [0.3, 0.4) is 0 Å². The second kappa shape index (κ2) is 6.51. The summed E-state index contributed by atoms with van der Waals surface area (Å²) in [5, 5.41) is 2.84. The Morgan fingerprint density at radius 2 is 2.07 bits per heavy atom. The molecule has 0 aliphatic rings. The maximum Gasteiger partial charge on any atom is 0.232 e. The lowest BCUT2D eigenvalue weighted by Crippen LogP contribution is -2.30. The molecular weight excluding hydrogens is 206 g/mol. The van der Waals surface area contributed by atoms with Gasteiger partial charge in [-0.15, -0.1) is 11.8 Å². The first-order valence-electron chi connectivity index (χ1n) is 5.17. The molecule has 0 saturated carbocycles. The third-order valence-corrected chi connectivity index (χ3v) is 3.28. The van der Waals surface area contributed by atoms with Crippen molar-refractivity contribution in [2.75, 3.05) is 6.54 Å². The Hall–Kier alpha value is -0.960. The van der Waals surface area contributed by atoms with E-state index in [9.17, 15) is 4.79 Å². The van der Waals surface area contributed by atoms with Gasteiger partial charge in [-0.3, -0.25) is 4.79 Å². The molecule has 1 amide bonds. The van der Waals surface area contributed by atoms with E-state index in [1.54, 1.807) is 11.8 Å². The minimum absolute atomic E-state index is 0.0187. The zero-order valence-corrected chi connectivity index (χ0v) is 10.0. The van der Waals surface area contributed by atoms with Crippen LogP contribution in [-0.4, -0.2) is 17.7 Å². The van der Waals surface area contributed by atoms with Crippen LogP contribution in [0, 0.1) is 0 Å². The van der Waals surface area contributed by atoms with E-state index in [4.69, 9.17) is 0 Å². The molecule has 1 aromatic carbocycles. The summed E-state index contributed by atoms with van der Waals surface area (Å²) in [5.41, 5.74) is 1.26. The van der Waals surface area contributed by atoms with Gasteiger partial charge in [-0.05, 0) is 19.4 Å². The molecule has 15 heavy (non-hydrogen) atoms. The first-order valence-corrected chi connectivity index (χ1v) is 6.22. The minimum atomic E-state index is 0.0187. The number of amides is 1. The molecule has 0 unspecified atom stereocenters. The van der Waals surface area contributed by atoms with E-state index in [0.717, 1.165) is 5.75 Å². The smallest absolute Gasteiger partial charge is 0.232 e. The Morgan fingerprint density at radius 1 is 1.40 bits per heavy atom. The molecule has 1 rings (SSSR count). The molecule has 2 nitrogen and oxygen atoms in total. The van der Waals surface area contributed by atoms with Gasteiger partial charge in [0.2, 0.25) is 5.91 Å². The highest BCUT2D eigenvalue weighted by molar-refractivity contribution is 7.99. The Bertz CT molecular complexity index is 300. The van der Waals surface area contributed by atoms with Crippen molar-refractivity contribution >= 4 is 17.7 Å². The lowest BCUT2D eigenvalue weighted by atomic mass is 10.2. The third-order valence-electron chi connectivity index (χ3n) is 2.06. The van der Waals surface area contributed by atoms with Crippen LogP contribution in [0.2, 0.25) is 0 Å². The SMILES string of the molecule is CCNC(=O)[C@H](C)SCc1ccccc1. The fourth-order valence-corrected chi connectivity index (χ4v) is 2.06. The molecule has 1 atom stereocenters. The fraction of sp³-hybridized carbons (Fsp3) is 0.417. The quantitative estimate of drug-likeness (QED) is 0.830. The molecule has 0 bridgehead atoms. The predicted octanol–water partition coefficient (Wildman–Crippen LogP) is 2.44. The number of rotatable bonds is 5. The summed E-state index contributed by atoms with van der Waals surface area (Å²) in [6.45, 7) is 4.58. The van der Waals surface area contributed by atoms with Crippen molar-refractivity contribution < 1.29 is 4.79 Å². The van der Waals surface area contributed by atoms with Gasteiger partial charge in [0.25, 0.3) is 0 Å². The molecule has 0 aliphatic heterocycles. The Labute approximate surface area is 95.5 Å². The maximum absolute atomic E-state index is 11.4. The average molecular weight is 223 g/mol. The molecule has 0 spiro atoms. The Kier molecular flexibility index (Phi) is 5.26. The largest absolute Gasteiger partial charge is 0.355 e. The number of benzene rings is 1. The summed E-state index contributed by atoms with van der Waals surface area (Å²) >= 11 is 1.67.